The van der Waals surface area contributed by atoms with Crippen LogP contribution in [0.1, 0.15) is 31.5 Å². The Morgan fingerprint density at radius 2 is 2.04 bits per heavy atom. The monoisotopic (exact) mass is 345 g/mol. The van der Waals surface area contributed by atoms with Gasteiger partial charge in [0.05, 0.1) is 18.4 Å². The van der Waals surface area contributed by atoms with Crippen LogP contribution in [0.3, 0.4) is 0 Å². The molecule has 126 valence electrons. The summed E-state index contributed by atoms with van der Waals surface area (Å²) >= 11 is 1.52. The number of ether oxygens (including phenoxy) is 1. The lowest BCUT2D eigenvalue weighted by Crippen LogP contribution is -1.97. The first-order valence-electron chi connectivity index (χ1n) is 7.58. The molecule has 3 aromatic rings. The fourth-order valence-corrected chi connectivity index (χ4v) is 2.95. The number of benzene rings is 1. The number of hydrogen-bond donors (Lipinski definition) is 0. The molecule has 0 N–H and O–H groups in total. The molecule has 0 atom stereocenters. The number of thioether (sulfide) groups is 1. The zero-order valence-corrected chi connectivity index (χ0v) is 14.9. The van der Waals surface area contributed by atoms with E-state index >= 15 is 0 Å². The second-order valence-electron chi connectivity index (χ2n) is 5.56. The highest BCUT2D eigenvalue weighted by Gasteiger charge is 2.16. The molecule has 0 spiro atoms. The fourth-order valence-electron chi connectivity index (χ4n) is 2.19. The molecule has 0 fully saturated rings. The Kier molecular flexibility index (Phi) is 4.84. The van der Waals surface area contributed by atoms with E-state index in [1.165, 1.54) is 11.8 Å². The molecule has 0 bridgehead atoms. The van der Waals surface area contributed by atoms with Crippen molar-refractivity contribution < 1.29 is 9.26 Å². The van der Waals surface area contributed by atoms with Crippen molar-refractivity contribution in [3.8, 4) is 17.1 Å². The highest BCUT2D eigenvalue weighted by molar-refractivity contribution is 7.98. The summed E-state index contributed by atoms with van der Waals surface area (Å²) in [5.74, 6) is 3.64. The predicted molar refractivity (Wildman–Crippen MR) is 90.9 cm³/mol. The van der Waals surface area contributed by atoms with Crippen molar-refractivity contribution in [3.05, 3.63) is 36.0 Å². The van der Waals surface area contributed by atoms with E-state index in [0.29, 0.717) is 17.5 Å². The topological polar surface area (TPSA) is 78.9 Å². The van der Waals surface area contributed by atoms with Gasteiger partial charge >= 0.3 is 0 Å². The van der Waals surface area contributed by atoms with E-state index in [9.17, 15) is 0 Å². The third-order valence-corrected chi connectivity index (χ3v) is 4.51. The highest BCUT2D eigenvalue weighted by atomic mass is 32.2. The molecule has 0 aliphatic carbocycles. The maximum Gasteiger partial charge on any atom is 0.229 e. The highest BCUT2D eigenvalue weighted by Crippen LogP contribution is 2.30. The molecule has 1 aromatic carbocycles. The van der Waals surface area contributed by atoms with Crippen LogP contribution in [-0.2, 0) is 12.8 Å². The first-order chi connectivity index (χ1) is 11.6. The first-order valence-corrected chi connectivity index (χ1v) is 8.56. The lowest BCUT2D eigenvalue weighted by Gasteiger charge is -2.07. The summed E-state index contributed by atoms with van der Waals surface area (Å²) < 4.78 is 12.6. The number of rotatable bonds is 6. The van der Waals surface area contributed by atoms with Crippen LogP contribution in [0.15, 0.2) is 33.9 Å². The number of para-hydroxylation sites is 1. The van der Waals surface area contributed by atoms with E-state index in [0.717, 1.165) is 22.3 Å². The molecule has 0 saturated heterocycles. The van der Waals surface area contributed by atoms with E-state index in [2.05, 4.69) is 20.3 Å². The molecule has 3 rings (SSSR count). The Bertz CT molecular complexity index is 827. The molecular weight excluding hydrogens is 326 g/mol. The van der Waals surface area contributed by atoms with Crippen LogP contribution in [-0.4, -0.2) is 32.0 Å². The lowest BCUT2D eigenvalue weighted by atomic mass is 10.2. The predicted octanol–water partition coefficient (Wildman–Crippen LogP) is 3.29. The van der Waals surface area contributed by atoms with E-state index in [-0.39, 0.29) is 5.92 Å². The Labute approximate surface area is 144 Å². The van der Waals surface area contributed by atoms with Crippen LogP contribution in [0, 0.1) is 0 Å². The van der Waals surface area contributed by atoms with Gasteiger partial charge in [-0.15, -0.1) is 10.2 Å². The van der Waals surface area contributed by atoms with E-state index in [1.54, 1.807) is 7.11 Å². The fraction of sp³-hybridized carbons (Fsp3) is 0.375. The van der Waals surface area contributed by atoms with E-state index < -0.39 is 0 Å². The van der Waals surface area contributed by atoms with Crippen LogP contribution >= 0.6 is 11.8 Å². The van der Waals surface area contributed by atoms with Gasteiger partial charge in [0, 0.05) is 13.0 Å². The summed E-state index contributed by atoms with van der Waals surface area (Å²) in [7, 11) is 3.58. The molecule has 2 aromatic heterocycles. The molecule has 0 amide bonds. The largest absolute Gasteiger partial charge is 0.496 e. The Morgan fingerprint density at radius 1 is 1.25 bits per heavy atom. The van der Waals surface area contributed by atoms with Crippen molar-refractivity contribution in [3.63, 3.8) is 0 Å². The van der Waals surface area contributed by atoms with Crippen molar-refractivity contribution in [2.24, 2.45) is 7.05 Å². The van der Waals surface area contributed by atoms with Crippen LogP contribution in [0.5, 0.6) is 5.75 Å². The van der Waals surface area contributed by atoms with Crippen LogP contribution in [0.4, 0.5) is 0 Å². The van der Waals surface area contributed by atoms with Gasteiger partial charge in [-0.2, -0.15) is 4.98 Å². The average Bonchev–Trinajstić information content (AvgIpc) is 3.20. The summed E-state index contributed by atoms with van der Waals surface area (Å²) in [4.78, 5) is 4.37. The molecule has 0 aliphatic heterocycles. The van der Waals surface area contributed by atoms with E-state index in [1.807, 2.05) is 49.7 Å². The minimum atomic E-state index is 0.225. The Morgan fingerprint density at radius 3 is 2.75 bits per heavy atom. The number of aromatic nitrogens is 5. The zero-order valence-electron chi connectivity index (χ0n) is 14.1. The maximum absolute atomic E-state index is 5.40. The van der Waals surface area contributed by atoms with Gasteiger partial charge in [-0.25, -0.2) is 0 Å². The summed E-state index contributed by atoms with van der Waals surface area (Å²) in [6, 6.07) is 7.75. The smallest absolute Gasteiger partial charge is 0.229 e. The summed E-state index contributed by atoms with van der Waals surface area (Å²) in [6.45, 7) is 4.04. The van der Waals surface area contributed by atoms with Crippen LogP contribution in [0.25, 0.3) is 11.4 Å². The number of methoxy groups -OCH3 is 1. The zero-order chi connectivity index (χ0) is 17.1. The van der Waals surface area contributed by atoms with Crippen molar-refractivity contribution >= 4 is 11.8 Å². The van der Waals surface area contributed by atoms with Gasteiger partial charge in [0.15, 0.2) is 16.8 Å². The molecule has 2 heterocycles. The normalized spacial score (nSPS) is 11.2. The third kappa shape index (κ3) is 3.28. The second kappa shape index (κ2) is 7.04. The van der Waals surface area contributed by atoms with Crippen molar-refractivity contribution in [2.75, 3.05) is 7.11 Å². The Balaban J connectivity index is 1.77. The van der Waals surface area contributed by atoms with Gasteiger partial charge in [0.25, 0.3) is 0 Å². The first kappa shape index (κ1) is 16.5. The molecule has 0 unspecified atom stereocenters. The third-order valence-electron chi connectivity index (χ3n) is 3.49. The molecule has 0 saturated carbocycles. The molecule has 24 heavy (non-hydrogen) atoms. The Hall–Kier alpha value is -2.35. The molecular formula is C16H19N5O2S. The van der Waals surface area contributed by atoms with Crippen molar-refractivity contribution in [2.45, 2.75) is 30.7 Å². The molecule has 0 aliphatic rings. The van der Waals surface area contributed by atoms with Gasteiger partial charge in [-0.3, -0.25) is 0 Å². The minimum Gasteiger partial charge on any atom is -0.496 e. The number of nitrogens with zero attached hydrogens (tertiary/aromatic N) is 5. The van der Waals surface area contributed by atoms with Gasteiger partial charge in [0.2, 0.25) is 5.89 Å². The minimum absolute atomic E-state index is 0.225. The summed E-state index contributed by atoms with van der Waals surface area (Å²) in [5.41, 5.74) is 0.906. The van der Waals surface area contributed by atoms with Gasteiger partial charge in [0.1, 0.15) is 5.75 Å². The number of hydrogen-bond acceptors (Lipinski definition) is 7. The van der Waals surface area contributed by atoms with Crippen molar-refractivity contribution in [1.29, 1.82) is 0 Å². The van der Waals surface area contributed by atoms with E-state index in [4.69, 9.17) is 9.26 Å². The lowest BCUT2D eigenvalue weighted by molar-refractivity contribution is 0.362. The van der Waals surface area contributed by atoms with Gasteiger partial charge in [-0.05, 0) is 12.1 Å². The summed E-state index contributed by atoms with van der Waals surface area (Å²) in [6.07, 6.45) is 0. The maximum atomic E-state index is 5.40. The summed E-state index contributed by atoms with van der Waals surface area (Å²) in [5, 5.41) is 13.3. The molecule has 0 radical (unpaired) electrons. The molecule has 8 heteroatoms. The SMILES string of the molecule is COc1ccccc1-c1nnc(SCc2noc(C(C)C)n2)n1C. The quantitative estimate of drug-likeness (QED) is 0.634. The van der Waals surface area contributed by atoms with Crippen LogP contribution < -0.4 is 4.74 Å². The second-order valence-corrected chi connectivity index (χ2v) is 6.50. The van der Waals surface area contributed by atoms with Gasteiger partial charge in [-0.1, -0.05) is 42.9 Å². The van der Waals surface area contributed by atoms with Gasteiger partial charge < -0.3 is 13.8 Å². The molecule has 7 nitrogen and oxygen atoms in total. The average molecular weight is 345 g/mol. The standard InChI is InChI=1S/C16H19N5O2S/c1-10(2)15-17-13(20-23-15)9-24-16-19-18-14(21(16)3)11-7-5-6-8-12(11)22-4/h5-8,10H,9H2,1-4H3. The van der Waals surface area contributed by atoms with Crippen LogP contribution in [0.2, 0.25) is 0 Å². The van der Waals surface area contributed by atoms with Crippen molar-refractivity contribution in [1.82, 2.24) is 24.9 Å².